The van der Waals surface area contributed by atoms with Crippen LogP contribution in [0.25, 0.3) is 0 Å². The van der Waals surface area contributed by atoms with Gasteiger partial charge in [0.25, 0.3) is 0 Å². The Bertz CT molecular complexity index is 237. The molecule has 0 aromatic carbocycles. The van der Waals surface area contributed by atoms with Crippen molar-refractivity contribution in [1.29, 1.82) is 0 Å². The van der Waals surface area contributed by atoms with Gasteiger partial charge in [0.05, 0.1) is 0 Å². The smallest absolute Gasteiger partial charge is 0.326 e. The molecule has 0 fully saturated rings. The van der Waals surface area contributed by atoms with Crippen LogP contribution in [-0.2, 0) is 9.59 Å². The van der Waals surface area contributed by atoms with E-state index in [4.69, 9.17) is 7.85 Å². The summed E-state index contributed by atoms with van der Waals surface area (Å²) in [5.41, 5.74) is 0. The molecule has 0 aliphatic rings. The Labute approximate surface area is 74.8 Å². The Hall–Kier alpha value is -1.06. The number of carbonyl (C=O) groups excluding carboxylic acids is 1. The van der Waals surface area contributed by atoms with Crippen LogP contribution in [0.2, 0.25) is 0 Å². The second-order valence-corrected chi connectivity index (χ2v) is 2.76. The molecule has 2 atom stereocenters. The van der Waals surface area contributed by atoms with E-state index in [1.807, 2.05) is 0 Å². The summed E-state index contributed by atoms with van der Waals surface area (Å²) < 4.78 is 15.0. The molecule has 0 aliphatic carbocycles. The molecule has 0 rings (SSSR count). The zero-order chi connectivity index (χ0) is 11.5. The number of rotatable bonds is 4. The van der Waals surface area contributed by atoms with Crippen molar-refractivity contribution in [3.05, 3.63) is 0 Å². The lowest BCUT2D eigenvalue weighted by Gasteiger charge is -2.14. The molecule has 2 N–H and O–H groups in total. The van der Waals surface area contributed by atoms with E-state index in [2.05, 4.69) is 5.32 Å². The highest BCUT2D eigenvalue weighted by molar-refractivity contribution is 5.81. The van der Waals surface area contributed by atoms with Gasteiger partial charge in [0.1, 0.15) is 6.04 Å². The van der Waals surface area contributed by atoms with Crippen LogP contribution in [-0.4, -0.2) is 23.0 Å². The van der Waals surface area contributed by atoms with Crippen molar-refractivity contribution < 1.29 is 17.4 Å². The number of hydrogen-bond donors (Lipinski definition) is 2. The molecule has 0 bridgehead atoms. The van der Waals surface area contributed by atoms with Gasteiger partial charge in [-0.15, -0.1) is 0 Å². The summed E-state index contributed by atoms with van der Waals surface area (Å²) >= 11 is 0. The van der Waals surface area contributed by atoms with Gasteiger partial charge in [0.2, 0.25) is 5.91 Å². The molecule has 4 nitrogen and oxygen atoms in total. The summed E-state index contributed by atoms with van der Waals surface area (Å²) in [5, 5.41) is 10.9. The minimum atomic E-state index is -1.33. The van der Waals surface area contributed by atoms with Crippen molar-refractivity contribution in [2.75, 3.05) is 0 Å². The van der Waals surface area contributed by atoms with Gasteiger partial charge in [0, 0.05) is 9.67 Å². The van der Waals surface area contributed by atoms with Gasteiger partial charge >= 0.3 is 5.97 Å². The molecule has 12 heavy (non-hydrogen) atoms. The highest BCUT2D eigenvalue weighted by Gasteiger charge is 2.18. The van der Waals surface area contributed by atoms with Gasteiger partial charge in [-0.1, -0.05) is 13.8 Å². The van der Waals surface area contributed by atoms with E-state index in [1.54, 1.807) is 0 Å². The fourth-order valence-electron chi connectivity index (χ4n) is 0.727. The van der Waals surface area contributed by atoms with Crippen LogP contribution < -0.4 is 5.32 Å². The van der Waals surface area contributed by atoms with Crippen molar-refractivity contribution in [1.82, 2.24) is 5.32 Å². The van der Waals surface area contributed by atoms with Gasteiger partial charge in [-0.05, 0) is 12.3 Å². The second-order valence-electron chi connectivity index (χ2n) is 2.76. The molecule has 0 saturated carbocycles. The van der Waals surface area contributed by atoms with Crippen molar-refractivity contribution in [2.24, 2.45) is 5.89 Å². The number of nitrogens with one attached hydrogen (secondary N) is 1. The van der Waals surface area contributed by atoms with Crippen LogP contribution in [0.15, 0.2) is 0 Å². The molecule has 0 aliphatic heterocycles. The lowest BCUT2D eigenvalue weighted by molar-refractivity contribution is -0.142. The standard InChI is InChI=1S/C8H15NO3/c1-5(2)4-7(8(11)12)9-6(3)10/h5,7H,4H2,1-3H3,(H,9,10)(H,11,12)/i4D,5D/t4-,7?/m1/s1. The molecule has 0 heterocycles. The predicted octanol–water partition coefficient (Wildman–Crippen LogP) is 0.622. The number of carboxylic acid groups (broad SMARTS) is 1. The van der Waals surface area contributed by atoms with Gasteiger partial charge in [-0.3, -0.25) is 4.79 Å². The Kier molecular flexibility index (Phi) is 3.00. The first-order valence-corrected chi connectivity index (χ1v) is 3.58. The maximum absolute atomic E-state index is 10.7. The Morgan fingerprint density at radius 3 is 2.42 bits per heavy atom. The van der Waals surface area contributed by atoms with E-state index < -0.39 is 30.2 Å². The normalized spacial score (nSPS) is 18.6. The third-order valence-corrected chi connectivity index (χ3v) is 1.12. The molecule has 0 saturated heterocycles. The quantitative estimate of drug-likeness (QED) is 0.658. The molecule has 1 unspecified atom stereocenters. The van der Waals surface area contributed by atoms with E-state index in [-0.39, 0.29) is 0 Å². The number of aliphatic carboxylic acids is 1. The topological polar surface area (TPSA) is 66.4 Å². The summed E-state index contributed by atoms with van der Waals surface area (Å²) in [6.07, 6.45) is -1.20. The summed E-state index contributed by atoms with van der Waals surface area (Å²) in [7, 11) is 0. The van der Waals surface area contributed by atoms with E-state index in [1.165, 1.54) is 20.8 Å². The monoisotopic (exact) mass is 175 g/mol. The van der Waals surface area contributed by atoms with Crippen molar-refractivity contribution in [2.45, 2.75) is 33.2 Å². The fraction of sp³-hybridized carbons (Fsp3) is 0.750. The van der Waals surface area contributed by atoms with Crippen LogP contribution in [0.1, 0.15) is 29.9 Å². The molecular formula is C8H15NO3. The molecule has 0 aromatic rings. The molecule has 0 spiro atoms. The average molecular weight is 175 g/mol. The minimum absolute atomic E-state index is 0.515. The second kappa shape index (κ2) is 4.74. The molecule has 0 radical (unpaired) electrons. The van der Waals surface area contributed by atoms with Crippen LogP contribution in [0.3, 0.4) is 0 Å². The SMILES string of the molecule is [2H][C@@H](C(NC(C)=O)C(=O)O)C([2H])(C)C. The summed E-state index contributed by atoms with van der Waals surface area (Å²) in [5.74, 6) is -3.04. The van der Waals surface area contributed by atoms with Gasteiger partial charge in [0.15, 0.2) is 0 Å². The van der Waals surface area contributed by atoms with Crippen molar-refractivity contribution >= 4 is 11.9 Å². The predicted molar refractivity (Wildman–Crippen MR) is 44.7 cm³/mol. The summed E-state index contributed by atoms with van der Waals surface area (Å²) in [6, 6.07) is -1.33. The first-order chi connectivity index (χ1) is 6.16. The Morgan fingerprint density at radius 2 is 2.17 bits per heavy atom. The lowest BCUT2D eigenvalue weighted by Crippen LogP contribution is -2.40. The molecule has 1 amide bonds. The van der Waals surface area contributed by atoms with Crippen molar-refractivity contribution in [3.63, 3.8) is 0 Å². The molecule has 70 valence electrons. The third kappa shape index (κ3) is 4.71. The zero-order valence-corrected chi connectivity index (χ0v) is 7.42. The van der Waals surface area contributed by atoms with Crippen LogP contribution in [0, 0.1) is 5.89 Å². The third-order valence-electron chi connectivity index (χ3n) is 1.12. The Morgan fingerprint density at radius 1 is 1.67 bits per heavy atom. The lowest BCUT2D eigenvalue weighted by atomic mass is 10.0. The molecule has 0 aromatic heterocycles. The van der Waals surface area contributed by atoms with Gasteiger partial charge in [-0.25, -0.2) is 4.79 Å². The Balaban J connectivity index is 4.66. The highest BCUT2D eigenvalue weighted by atomic mass is 16.4. The summed E-state index contributed by atoms with van der Waals surface area (Å²) in [6.45, 7) is 4.05. The van der Waals surface area contributed by atoms with Crippen LogP contribution >= 0.6 is 0 Å². The molecule has 4 heteroatoms. The largest absolute Gasteiger partial charge is 0.480 e. The maximum atomic E-state index is 10.7. The minimum Gasteiger partial charge on any atom is -0.480 e. The number of carbonyl (C=O) groups is 2. The summed E-state index contributed by atoms with van der Waals surface area (Å²) in [4.78, 5) is 21.4. The van der Waals surface area contributed by atoms with Gasteiger partial charge < -0.3 is 10.4 Å². The van der Waals surface area contributed by atoms with Crippen LogP contribution in [0.5, 0.6) is 0 Å². The average Bonchev–Trinajstić information content (AvgIpc) is 1.96. The van der Waals surface area contributed by atoms with E-state index in [0.29, 0.717) is 0 Å². The van der Waals surface area contributed by atoms with Crippen molar-refractivity contribution in [3.8, 4) is 0 Å². The maximum Gasteiger partial charge on any atom is 0.326 e. The highest BCUT2D eigenvalue weighted by Crippen LogP contribution is 2.04. The van der Waals surface area contributed by atoms with E-state index >= 15 is 0 Å². The number of carboxylic acids is 1. The van der Waals surface area contributed by atoms with Crippen LogP contribution in [0.4, 0.5) is 0 Å². The fourth-order valence-corrected chi connectivity index (χ4v) is 0.727. The van der Waals surface area contributed by atoms with E-state index in [0.717, 1.165) is 0 Å². The molecular weight excluding hydrogens is 158 g/mol. The zero-order valence-electron chi connectivity index (χ0n) is 9.42. The number of amides is 1. The van der Waals surface area contributed by atoms with E-state index in [9.17, 15) is 9.59 Å². The van der Waals surface area contributed by atoms with Gasteiger partial charge in [-0.2, -0.15) is 0 Å². The first kappa shape index (κ1) is 7.58. The first-order valence-electron chi connectivity index (χ1n) is 4.66. The number of hydrogen-bond acceptors (Lipinski definition) is 2.